The third kappa shape index (κ3) is 5.12. The fraction of sp³-hybridized carbons (Fsp3) is 0.360. The van der Waals surface area contributed by atoms with E-state index in [9.17, 15) is 24.3 Å². The van der Waals surface area contributed by atoms with Crippen molar-refractivity contribution < 1.29 is 28.7 Å². The Morgan fingerprint density at radius 3 is 2.51 bits per heavy atom. The molecule has 0 atom stereocenters. The molecule has 1 aliphatic heterocycles. The normalized spacial score (nSPS) is 19.7. The van der Waals surface area contributed by atoms with Crippen molar-refractivity contribution in [3.63, 3.8) is 0 Å². The van der Waals surface area contributed by atoms with Gasteiger partial charge in [0.05, 0.1) is 5.02 Å². The topological polar surface area (TPSA) is 155 Å². The summed E-state index contributed by atoms with van der Waals surface area (Å²) in [5, 5.41) is 15.1. The van der Waals surface area contributed by atoms with Crippen molar-refractivity contribution in [3.8, 4) is 0 Å². The lowest BCUT2D eigenvalue weighted by atomic mass is 9.84. The number of carbonyl (C=O) groups excluding carboxylic acids is 3. The minimum atomic E-state index is -1.26. The first kappa shape index (κ1) is 24.7. The van der Waals surface area contributed by atoms with Crippen molar-refractivity contribution in [1.82, 2.24) is 14.9 Å². The maximum Gasteiger partial charge on any atom is 0.354 e. The van der Waals surface area contributed by atoms with Crippen LogP contribution in [0.15, 0.2) is 34.9 Å². The summed E-state index contributed by atoms with van der Waals surface area (Å²) in [5.41, 5.74) is -0.0677. The smallest absolute Gasteiger partial charge is 0.354 e. The summed E-state index contributed by atoms with van der Waals surface area (Å²) in [7, 11) is 0. The van der Waals surface area contributed by atoms with Crippen LogP contribution in [0.5, 0.6) is 0 Å². The Morgan fingerprint density at radius 1 is 1.08 bits per heavy atom. The molecule has 0 aromatic carbocycles. The molecule has 0 bridgehead atoms. The number of aromatic carboxylic acids is 1. The number of rotatable bonds is 6. The van der Waals surface area contributed by atoms with Gasteiger partial charge < -0.3 is 25.1 Å². The van der Waals surface area contributed by atoms with Crippen LogP contribution in [0.25, 0.3) is 11.1 Å². The minimum Gasteiger partial charge on any atom is -0.477 e. The number of carboxylic acids is 1. The third-order valence-electron chi connectivity index (χ3n) is 6.79. The highest BCUT2D eigenvalue weighted by atomic mass is 35.5. The number of aromatic nitrogens is 2. The highest BCUT2D eigenvalue weighted by Gasteiger charge is 2.34. The number of carbonyl (C=O) groups is 4. The van der Waals surface area contributed by atoms with Gasteiger partial charge in [0.1, 0.15) is 22.7 Å². The number of hydrogen-bond acceptors (Lipinski definition) is 7. The van der Waals surface area contributed by atoms with Gasteiger partial charge in [-0.15, -0.1) is 0 Å². The van der Waals surface area contributed by atoms with Crippen molar-refractivity contribution in [2.75, 3.05) is 17.2 Å². The van der Waals surface area contributed by atoms with Crippen LogP contribution in [-0.2, 0) is 9.59 Å². The first-order valence-corrected chi connectivity index (χ1v) is 12.4. The summed E-state index contributed by atoms with van der Waals surface area (Å²) in [6, 6.07) is 5.84. The summed E-state index contributed by atoms with van der Waals surface area (Å²) in [6.45, 7) is 0.764. The Bertz CT molecular complexity index is 1380. The second-order valence-electron chi connectivity index (χ2n) is 9.16. The van der Waals surface area contributed by atoms with E-state index in [-0.39, 0.29) is 57.8 Å². The van der Waals surface area contributed by atoms with E-state index in [0.29, 0.717) is 37.1 Å². The average Bonchev–Trinajstić information content (AvgIpc) is 3.48. The average molecular weight is 526 g/mol. The zero-order chi connectivity index (χ0) is 26.1. The van der Waals surface area contributed by atoms with Gasteiger partial charge in [0, 0.05) is 31.1 Å². The lowest BCUT2D eigenvalue weighted by molar-refractivity contribution is -0.130. The van der Waals surface area contributed by atoms with Gasteiger partial charge in [0.25, 0.3) is 5.91 Å². The molecule has 0 unspecified atom stereocenters. The van der Waals surface area contributed by atoms with E-state index >= 15 is 0 Å². The number of amides is 3. The van der Waals surface area contributed by atoms with Gasteiger partial charge in [-0.1, -0.05) is 11.6 Å². The quantitative estimate of drug-likeness (QED) is 0.437. The number of nitrogens with zero attached hydrogens (tertiary/aromatic N) is 3. The molecule has 3 aromatic heterocycles. The molecule has 4 heterocycles. The second-order valence-corrected chi connectivity index (χ2v) is 9.59. The summed E-state index contributed by atoms with van der Waals surface area (Å²) >= 11 is 5.85. The molecule has 2 aliphatic rings. The summed E-state index contributed by atoms with van der Waals surface area (Å²) in [6.07, 6.45) is 5.41. The molecular weight excluding hydrogens is 502 g/mol. The van der Waals surface area contributed by atoms with Crippen molar-refractivity contribution in [3.05, 3.63) is 46.9 Å². The molecule has 192 valence electrons. The molecule has 1 aliphatic carbocycles. The van der Waals surface area contributed by atoms with E-state index in [0.717, 1.165) is 13.0 Å². The first-order chi connectivity index (χ1) is 17.8. The summed E-state index contributed by atoms with van der Waals surface area (Å²) in [4.78, 5) is 60.0. The highest BCUT2D eigenvalue weighted by Crippen LogP contribution is 2.34. The molecule has 3 N–H and O–H groups in total. The first-order valence-electron chi connectivity index (χ1n) is 12.0. The van der Waals surface area contributed by atoms with E-state index in [1.807, 2.05) is 4.90 Å². The number of halogens is 1. The Hall–Kier alpha value is -3.99. The lowest BCUT2D eigenvalue weighted by Gasteiger charge is -2.34. The van der Waals surface area contributed by atoms with Gasteiger partial charge in [0.15, 0.2) is 5.58 Å². The predicted molar refractivity (Wildman–Crippen MR) is 133 cm³/mol. The van der Waals surface area contributed by atoms with Gasteiger partial charge in [-0.05, 0) is 56.4 Å². The Kier molecular flexibility index (Phi) is 6.79. The minimum absolute atomic E-state index is 0.00796. The van der Waals surface area contributed by atoms with Crippen LogP contribution in [0.3, 0.4) is 0 Å². The lowest BCUT2D eigenvalue weighted by Crippen LogP contribution is -2.40. The van der Waals surface area contributed by atoms with Gasteiger partial charge in [-0.3, -0.25) is 14.4 Å². The molecule has 12 heteroatoms. The fourth-order valence-electron chi connectivity index (χ4n) is 4.92. The van der Waals surface area contributed by atoms with Gasteiger partial charge >= 0.3 is 5.97 Å². The maximum atomic E-state index is 13.3. The van der Waals surface area contributed by atoms with Gasteiger partial charge in [-0.25, -0.2) is 14.8 Å². The van der Waals surface area contributed by atoms with Crippen LogP contribution < -0.4 is 10.6 Å². The SMILES string of the molecule is O=C(O)c1ccc2oc(C(=O)Nc3ccc(Cl)cn3)c(NC(=O)C3CCC(N4CCCC4=O)CC3)c2n1. The summed E-state index contributed by atoms with van der Waals surface area (Å²) in [5.74, 6) is -2.47. The van der Waals surface area contributed by atoms with E-state index in [4.69, 9.17) is 16.0 Å². The second kappa shape index (κ2) is 10.2. The van der Waals surface area contributed by atoms with Crippen LogP contribution in [0.2, 0.25) is 5.02 Å². The molecule has 1 saturated carbocycles. The van der Waals surface area contributed by atoms with Gasteiger partial charge in [-0.2, -0.15) is 0 Å². The Labute approximate surface area is 216 Å². The molecular formula is C25H24ClN5O6. The van der Waals surface area contributed by atoms with Crippen LogP contribution >= 0.6 is 11.6 Å². The Balaban J connectivity index is 1.38. The molecule has 0 radical (unpaired) electrons. The van der Waals surface area contributed by atoms with Crippen molar-refractivity contribution in [2.45, 2.75) is 44.6 Å². The predicted octanol–water partition coefficient (Wildman–Crippen LogP) is 3.95. The van der Waals surface area contributed by atoms with Crippen LogP contribution in [0.1, 0.15) is 59.6 Å². The van der Waals surface area contributed by atoms with Crippen molar-refractivity contribution >= 4 is 57.9 Å². The third-order valence-corrected chi connectivity index (χ3v) is 7.02. The molecule has 5 rings (SSSR count). The maximum absolute atomic E-state index is 13.3. The molecule has 3 aromatic rings. The Morgan fingerprint density at radius 2 is 1.86 bits per heavy atom. The molecule has 3 amide bonds. The standard InChI is InChI=1S/C25H24ClN5O6/c26-14-5-10-18(27-12-14)29-24(34)22-21(20-17(37-22)9-8-16(28-20)25(35)36)30-23(33)13-3-6-15(7-4-13)31-11-1-2-19(31)32/h5,8-10,12-13,15H,1-4,6-7,11H2,(H,30,33)(H,35,36)(H,27,29,34). The monoisotopic (exact) mass is 525 g/mol. The molecule has 1 saturated heterocycles. The van der Waals surface area contributed by atoms with E-state index in [1.165, 1.54) is 24.4 Å². The van der Waals surface area contributed by atoms with Crippen LogP contribution in [0, 0.1) is 5.92 Å². The largest absolute Gasteiger partial charge is 0.477 e. The van der Waals surface area contributed by atoms with E-state index < -0.39 is 11.9 Å². The van der Waals surface area contributed by atoms with Crippen molar-refractivity contribution in [2.24, 2.45) is 5.92 Å². The van der Waals surface area contributed by atoms with Crippen LogP contribution in [-0.4, -0.2) is 56.3 Å². The number of nitrogens with one attached hydrogen (secondary N) is 2. The van der Waals surface area contributed by atoms with Crippen LogP contribution in [0.4, 0.5) is 11.5 Å². The molecule has 0 spiro atoms. The number of furan rings is 1. The zero-order valence-corrected chi connectivity index (χ0v) is 20.5. The van der Waals surface area contributed by atoms with Gasteiger partial charge in [0.2, 0.25) is 17.6 Å². The molecule has 2 fully saturated rings. The molecule has 11 nitrogen and oxygen atoms in total. The number of likely N-dealkylation sites (tertiary alicyclic amines) is 1. The van der Waals surface area contributed by atoms with Crippen molar-refractivity contribution in [1.29, 1.82) is 0 Å². The van der Waals surface area contributed by atoms with E-state index in [2.05, 4.69) is 20.6 Å². The number of pyridine rings is 2. The highest BCUT2D eigenvalue weighted by molar-refractivity contribution is 6.30. The van der Waals surface area contributed by atoms with E-state index in [1.54, 1.807) is 6.07 Å². The number of carboxylic acid groups (broad SMARTS) is 1. The zero-order valence-electron chi connectivity index (χ0n) is 19.7. The summed E-state index contributed by atoms with van der Waals surface area (Å²) < 4.78 is 5.70. The fourth-order valence-corrected chi connectivity index (χ4v) is 5.04. The number of fused-ring (bicyclic) bond motifs is 1. The molecule has 37 heavy (non-hydrogen) atoms. The number of anilines is 2. The number of hydrogen-bond donors (Lipinski definition) is 3.